The molecular weight excluding hydrogens is 592 g/mol. The van der Waals surface area contributed by atoms with Gasteiger partial charge in [0, 0.05) is 9.13 Å². The molecule has 0 atom stereocenters. The summed E-state index contributed by atoms with van der Waals surface area (Å²) in [7, 11) is 1.53. The topological polar surface area (TPSA) is 57.1 Å². The number of methoxy groups -OCH3 is 1. The van der Waals surface area contributed by atoms with Crippen molar-refractivity contribution < 1.29 is 23.4 Å². The Morgan fingerprint density at radius 3 is 2.53 bits per heavy atom. The van der Waals surface area contributed by atoms with Gasteiger partial charge >= 0.3 is 5.97 Å². The number of halogens is 3. The summed E-state index contributed by atoms with van der Waals surface area (Å²) in [4.78, 5) is 16.7. The monoisotopic (exact) mass is 607 g/mol. The molecule has 1 heterocycles. The number of benzene rings is 3. The van der Waals surface area contributed by atoms with Gasteiger partial charge in [-0.05, 0) is 104 Å². The Balaban J connectivity index is 1.58. The van der Waals surface area contributed by atoms with E-state index in [0.29, 0.717) is 21.5 Å². The standard InChI is InChI=1S/C24H16BrFINO4/c1-30-21-12-15(10-19(25)22(21)31-13-14-2-6-17(26)7-3-14)11-20-24(29)32-23(28-20)16-4-8-18(27)9-5-16/h2-12H,13H2,1H3/b20-11-. The van der Waals surface area contributed by atoms with Gasteiger partial charge in [0.05, 0.1) is 11.6 Å². The number of ether oxygens (including phenoxy) is 3. The van der Waals surface area contributed by atoms with Gasteiger partial charge in [0.1, 0.15) is 12.4 Å². The first-order valence-corrected chi connectivity index (χ1v) is 11.3. The van der Waals surface area contributed by atoms with Crippen molar-refractivity contribution in [2.24, 2.45) is 4.99 Å². The number of cyclic esters (lactones) is 1. The number of rotatable bonds is 6. The quantitative estimate of drug-likeness (QED) is 0.192. The summed E-state index contributed by atoms with van der Waals surface area (Å²) in [6.07, 6.45) is 1.62. The fraction of sp³-hybridized carbons (Fsp3) is 0.0833. The van der Waals surface area contributed by atoms with Crippen molar-refractivity contribution in [1.82, 2.24) is 0 Å². The number of aliphatic imine (C=N–C) groups is 1. The number of nitrogens with zero attached hydrogens (tertiary/aromatic N) is 1. The fourth-order valence-electron chi connectivity index (χ4n) is 2.98. The third-order valence-electron chi connectivity index (χ3n) is 4.56. The molecule has 1 aliphatic rings. The van der Waals surface area contributed by atoms with Gasteiger partial charge in [0.2, 0.25) is 5.90 Å². The molecule has 3 aromatic carbocycles. The summed E-state index contributed by atoms with van der Waals surface area (Å²) >= 11 is 5.70. The van der Waals surface area contributed by atoms with Gasteiger partial charge in [-0.3, -0.25) is 0 Å². The summed E-state index contributed by atoms with van der Waals surface area (Å²) in [5, 5.41) is 0. The van der Waals surface area contributed by atoms with Gasteiger partial charge < -0.3 is 14.2 Å². The molecule has 0 amide bonds. The maximum Gasteiger partial charge on any atom is 0.363 e. The molecule has 8 heteroatoms. The van der Waals surface area contributed by atoms with Gasteiger partial charge in [0.15, 0.2) is 17.2 Å². The third kappa shape index (κ3) is 5.18. The van der Waals surface area contributed by atoms with Crippen LogP contribution in [-0.4, -0.2) is 19.0 Å². The van der Waals surface area contributed by atoms with Crippen LogP contribution < -0.4 is 9.47 Å². The van der Waals surface area contributed by atoms with Crippen LogP contribution in [0.25, 0.3) is 6.08 Å². The molecule has 0 N–H and O–H groups in total. The maximum absolute atomic E-state index is 13.1. The van der Waals surface area contributed by atoms with Crippen molar-refractivity contribution >= 4 is 56.5 Å². The first-order valence-electron chi connectivity index (χ1n) is 9.46. The van der Waals surface area contributed by atoms with Crippen molar-refractivity contribution in [2.75, 3.05) is 7.11 Å². The average molecular weight is 608 g/mol. The molecule has 0 aliphatic carbocycles. The first kappa shape index (κ1) is 22.5. The molecule has 0 radical (unpaired) electrons. The van der Waals surface area contributed by atoms with Crippen molar-refractivity contribution in [2.45, 2.75) is 6.61 Å². The van der Waals surface area contributed by atoms with Crippen LogP contribution in [0.4, 0.5) is 4.39 Å². The van der Waals surface area contributed by atoms with E-state index in [2.05, 4.69) is 43.5 Å². The molecule has 162 valence electrons. The van der Waals surface area contributed by atoms with E-state index in [1.54, 1.807) is 30.3 Å². The normalized spacial score (nSPS) is 14.3. The predicted molar refractivity (Wildman–Crippen MR) is 131 cm³/mol. The van der Waals surface area contributed by atoms with Crippen LogP contribution in [0.2, 0.25) is 0 Å². The Labute approximate surface area is 206 Å². The number of hydrogen-bond acceptors (Lipinski definition) is 5. The molecule has 0 aromatic heterocycles. The Morgan fingerprint density at radius 2 is 1.84 bits per heavy atom. The highest BCUT2D eigenvalue weighted by atomic mass is 127. The number of carbonyl (C=O) groups is 1. The van der Waals surface area contributed by atoms with Crippen molar-refractivity contribution in [3.8, 4) is 11.5 Å². The highest BCUT2D eigenvalue weighted by Gasteiger charge is 2.24. The largest absolute Gasteiger partial charge is 0.493 e. The van der Waals surface area contributed by atoms with Crippen molar-refractivity contribution in [3.63, 3.8) is 0 Å². The zero-order valence-corrected chi connectivity index (χ0v) is 20.5. The molecule has 4 rings (SSSR count). The molecule has 0 spiro atoms. The summed E-state index contributed by atoms with van der Waals surface area (Å²) < 4.78 is 31.5. The molecular formula is C24H16BrFINO4. The van der Waals surface area contributed by atoms with E-state index in [1.807, 2.05) is 24.3 Å². The molecule has 0 bridgehead atoms. The van der Waals surface area contributed by atoms with Gasteiger partial charge in [0.25, 0.3) is 0 Å². The van der Waals surface area contributed by atoms with Crippen LogP contribution in [0.5, 0.6) is 11.5 Å². The molecule has 5 nitrogen and oxygen atoms in total. The number of esters is 1. The molecule has 0 fully saturated rings. The Morgan fingerprint density at radius 1 is 1.12 bits per heavy atom. The van der Waals surface area contributed by atoms with Gasteiger partial charge in [-0.25, -0.2) is 14.2 Å². The summed E-state index contributed by atoms with van der Waals surface area (Å²) in [6, 6.07) is 17.1. The van der Waals surface area contributed by atoms with Crippen LogP contribution in [0.3, 0.4) is 0 Å². The summed E-state index contributed by atoms with van der Waals surface area (Å²) in [5.74, 6) is 0.411. The van der Waals surface area contributed by atoms with E-state index < -0.39 is 5.97 Å². The van der Waals surface area contributed by atoms with E-state index >= 15 is 0 Å². The Bertz CT molecular complexity index is 1220. The highest BCUT2D eigenvalue weighted by molar-refractivity contribution is 14.1. The van der Waals surface area contributed by atoms with E-state index in [-0.39, 0.29) is 24.0 Å². The second-order valence-electron chi connectivity index (χ2n) is 6.79. The van der Waals surface area contributed by atoms with E-state index in [0.717, 1.165) is 14.7 Å². The van der Waals surface area contributed by atoms with Crippen molar-refractivity contribution in [1.29, 1.82) is 0 Å². The SMILES string of the molecule is COc1cc(/C=C2\N=C(c3ccc(I)cc3)OC2=O)cc(Br)c1OCc1ccc(F)cc1. The smallest absolute Gasteiger partial charge is 0.363 e. The predicted octanol–water partition coefficient (Wildman–Crippen LogP) is 6.12. The van der Waals surface area contributed by atoms with Crippen molar-refractivity contribution in [3.05, 3.63) is 96.9 Å². The Kier molecular flexibility index (Phi) is 6.90. The lowest BCUT2D eigenvalue weighted by atomic mass is 10.1. The zero-order valence-electron chi connectivity index (χ0n) is 16.8. The van der Waals surface area contributed by atoms with E-state index in [9.17, 15) is 9.18 Å². The third-order valence-corrected chi connectivity index (χ3v) is 5.87. The lowest BCUT2D eigenvalue weighted by Gasteiger charge is -2.13. The van der Waals surface area contributed by atoms with Crippen LogP contribution in [0.15, 0.2) is 75.8 Å². The van der Waals surface area contributed by atoms with Crippen LogP contribution in [0.1, 0.15) is 16.7 Å². The second kappa shape index (κ2) is 9.83. The molecule has 3 aromatic rings. The van der Waals surface area contributed by atoms with Crippen LogP contribution in [-0.2, 0) is 16.1 Å². The lowest BCUT2D eigenvalue weighted by Crippen LogP contribution is -2.05. The van der Waals surface area contributed by atoms with Gasteiger partial charge in [-0.15, -0.1) is 0 Å². The highest BCUT2D eigenvalue weighted by Crippen LogP contribution is 2.38. The van der Waals surface area contributed by atoms with Crippen LogP contribution >= 0.6 is 38.5 Å². The number of carbonyl (C=O) groups excluding carboxylic acids is 1. The second-order valence-corrected chi connectivity index (χ2v) is 8.89. The molecule has 1 aliphatic heterocycles. The van der Waals surface area contributed by atoms with Gasteiger partial charge in [-0.1, -0.05) is 12.1 Å². The summed E-state index contributed by atoms with van der Waals surface area (Å²) in [6.45, 7) is 0.242. The summed E-state index contributed by atoms with van der Waals surface area (Å²) in [5.41, 5.74) is 2.41. The van der Waals surface area contributed by atoms with Gasteiger partial charge in [-0.2, -0.15) is 0 Å². The molecule has 0 saturated carbocycles. The minimum absolute atomic E-state index is 0.187. The molecule has 0 unspecified atom stereocenters. The average Bonchev–Trinajstić information content (AvgIpc) is 3.14. The lowest BCUT2D eigenvalue weighted by molar-refractivity contribution is -0.129. The fourth-order valence-corrected chi connectivity index (χ4v) is 3.92. The first-order chi connectivity index (χ1) is 15.4. The zero-order chi connectivity index (χ0) is 22.7. The maximum atomic E-state index is 13.1. The molecule has 32 heavy (non-hydrogen) atoms. The Hall–Kier alpha value is -2.72. The van der Waals surface area contributed by atoms with Crippen LogP contribution in [0, 0.1) is 9.39 Å². The number of hydrogen-bond donors (Lipinski definition) is 0. The minimum Gasteiger partial charge on any atom is -0.493 e. The van der Waals surface area contributed by atoms with E-state index in [1.165, 1.54) is 19.2 Å². The van der Waals surface area contributed by atoms with E-state index in [4.69, 9.17) is 14.2 Å². The molecule has 0 saturated heterocycles. The minimum atomic E-state index is -0.523.